The first-order valence-electron chi connectivity index (χ1n) is 10.9. The lowest BCUT2D eigenvalue weighted by Gasteiger charge is -2.19. The first-order valence-corrected chi connectivity index (χ1v) is 12.5. The molecule has 0 spiro atoms. The summed E-state index contributed by atoms with van der Waals surface area (Å²) in [5.74, 6) is 0.844. The van der Waals surface area contributed by atoms with Crippen molar-refractivity contribution >= 4 is 46.0 Å². The third-order valence-corrected chi connectivity index (χ3v) is 7.90. The number of thioether (sulfide) groups is 2. The second-order valence-corrected chi connectivity index (χ2v) is 9.72. The Labute approximate surface area is 206 Å². The van der Waals surface area contributed by atoms with Gasteiger partial charge in [0.15, 0.2) is 5.17 Å². The highest BCUT2D eigenvalue weighted by molar-refractivity contribution is 8.19. The quantitative estimate of drug-likeness (QED) is 0.446. The summed E-state index contributed by atoms with van der Waals surface area (Å²) >= 11 is 2.97. The summed E-state index contributed by atoms with van der Waals surface area (Å²) in [6.07, 6.45) is 0. The molecule has 6 nitrogen and oxygen atoms in total. The minimum Gasteiger partial charge on any atom is -0.508 e. The van der Waals surface area contributed by atoms with Gasteiger partial charge in [-0.25, -0.2) is 4.99 Å². The van der Waals surface area contributed by atoms with Crippen molar-refractivity contribution in [2.24, 2.45) is 4.99 Å². The van der Waals surface area contributed by atoms with Crippen LogP contribution in [0.2, 0.25) is 0 Å². The highest BCUT2D eigenvalue weighted by Gasteiger charge is 2.39. The average molecular weight is 490 g/mol. The maximum absolute atomic E-state index is 13.8. The summed E-state index contributed by atoms with van der Waals surface area (Å²) in [5, 5.41) is 11.4. The maximum atomic E-state index is 13.8. The van der Waals surface area contributed by atoms with Crippen molar-refractivity contribution in [3.8, 4) is 11.5 Å². The van der Waals surface area contributed by atoms with Crippen molar-refractivity contribution in [2.45, 2.75) is 18.4 Å². The molecule has 0 bridgehead atoms. The van der Waals surface area contributed by atoms with Crippen molar-refractivity contribution in [3.63, 3.8) is 0 Å². The number of ether oxygens (including phenoxy) is 1. The second kappa shape index (κ2) is 9.48. The zero-order valence-electron chi connectivity index (χ0n) is 18.8. The number of phenols is 1. The van der Waals surface area contributed by atoms with Crippen LogP contribution in [-0.4, -0.2) is 34.7 Å². The van der Waals surface area contributed by atoms with Gasteiger partial charge < -0.3 is 14.7 Å². The van der Waals surface area contributed by atoms with Crippen LogP contribution in [0.1, 0.15) is 12.5 Å². The van der Waals surface area contributed by atoms with E-state index >= 15 is 0 Å². The number of carbonyl (C=O) groups is 1. The number of amides is 1. The molecule has 2 heterocycles. The molecule has 0 atom stereocenters. The zero-order valence-corrected chi connectivity index (χ0v) is 20.4. The molecule has 0 aromatic heterocycles. The topological polar surface area (TPSA) is 65.4 Å². The van der Waals surface area contributed by atoms with E-state index in [1.165, 1.54) is 11.8 Å². The van der Waals surface area contributed by atoms with E-state index in [9.17, 15) is 9.90 Å². The molecule has 2 aliphatic rings. The van der Waals surface area contributed by atoms with Crippen molar-refractivity contribution in [1.82, 2.24) is 4.90 Å². The molecule has 1 amide bonds. The van der Waals surface area contributed by atoms with E-state index in [1.54, 1.807) is 42.0 Å². The lowest BCUT2D eigenvalue weighted by atomic mass is 10.2. The summed E-state index contributed by atoms with van der Waals surface area (Å²) in [6.45, 7) is 3.21. The molecule has 3 aromatic rings. The Kier molecular flexibility index (Phi) is 6.26. The van der Waals surface area contributed by atoms with Crippen LogP contribution in [0.15, 0.2) is 92.6 Å². The van der Waals surface area contributed by atoms with Crippen molar-refractivity contribution in [2.75, 3.05) is 18.6 Å². The second-order valence-electron chi connectivity index (χ2n) is 7.71. The van der Waals surface area contributed by atoms with Gasteiger partial charge in [0.2, 0.25) is 0 Å². The molecule has 2 aliphatic heterocycles. The van der Waals surface area contributed by atoms with Gasteiger partial charge in [0.05, 0.1) is 25.0 Å². The Bertz CT molecular complexity index is 1310. The van der Waals surface area contributed by atoms with Crippen LogP contribution in [0.4, 0.5) is 11.4 Å². The molecule has 0 saturated carbocycles. The number of anilines is 1. The number of hydrogen-bond acceptors (Lipinski definition) is 7. The first-order chi connectivity index (χ1) is 16.6. The number of nitrogens with zero attached hydrogens (tertiary/aromatic N) is 3. The molecule has 1 fully saturated rings. The van der Waals surface area contributed by atoms with Crippen LogP contribution >= 0.6 is 23.5 Å². The zero-order chi connectivity index (χ0) is 23.7. The van der Waals surface area contributed by atoms with E-state index in [0.29, 0.717) is 22.3 Å². The van der Waals surface area contributed by atoms with Gasteiger partial charge in [0.1, 0.15) is 21.4 Å². The molecule has 0 aliphatic carbocycles. The molecule has 0 radical (unpaired) electrons. The Morgan fingerprint density at radius 3 is 2.53 bits per heavy atom. The first kappa shape index (κ1) is 22.4. The Hall–Kier alpha value is -3.36. The van der Waals surface area contributed by atoms with Gasteiger partial charge in [-0.1, -0.05) is 48.2 Å². The van der Waals surface area contributed by atoms with Crippen LogP contribution in [-0.2, 0) is 11.3 Å². The number of benzene rings is 3. The predicted octanol–water partition coefficient (Wildman–Crippen LogP) is 5.97. The molecule has 5 rings (SSSR count). The number of hydrogen-bond donors (Lipinski definition) is 1. The fourth-order valence-corrected chi connectivity index (χ4v) is 6.24. The van der Waals surface area contributed by atoms with Crippen LogP contribution < -0.4 is 9.64 Å². The highest BCUT2D eigenvalue weighted by atomic mass is 32.2. The maximum Gasteiger partial charge on any atom is 0.269 e. The molecule has 1 N–H and O–H groups in total. The minimum atomic E-state index is -0.0755. The summed E-state index contributed by atoms with van der Waals surface area (Å²) < 4.78 is 5.42. The number of aromatic hydroxyl groups is 1. The summed E-state index contributed by atoms with van der Waals surface area (Å²) in [5.41, 5.74) is 2.65. The molecule has 34 heavy (non-hydrogen) atoms. The minimum absolute atomic E-state index is 0.0755. The Morgan fingerprint density at radius 1 is 0.971 bits per heavy atom. The SMILES string of the molecule is CCN1/C(=C2/SC(=Nc3cccc(O)c3)N(Cc3ccccc3)C2=O)Sc2ccc(OC)cc21. The standard InChI is InChI=1S/C26H23N3O3S2/c1-3-28-21-15-20(32-2)12-13-22(21)33-25(28)23-24(31)29(16-17-8-5-4-6-9-17)26(34-23)27-18-10-7-11-19(30)14-18/h4-15,30H,3,16H2,1-2H3/b25-23-,27-26?. The molecule has 0 unspecified atom stereocenters. The fourth-order valence-electron chi connectivity index (χ4n) is 3.87. The molecular weight excluding hydrogens is 466 g/mol. The number of aliphatic imine (C=N–C) groups is 1. The molecule has 8 heteroatoms. The van der Waals surface area contributed by atoms with Gasteiger partial charge in [-0.3, -0.25) is 9.69 Å². The van der Waals surface area contributed by atoms with Gasteiger partial charge >= 0.3 is 0 Å². The van der Waals surface area contributed by atoms with Gasteiger partial charge in [-0.2, -0.15) is 0 Å². The Morgan fingerprint density at radius 2 is 1.79 bits per heavy atom. The number of carbonyl (C=O) groups excluding carboxylic acids is 1. The average Bonchev–Trinajstić information content (AvgIpc) is 3.36. The van der Waals surface area contributed by atoms with E-state index in [0.717, 1.165) is 33.5 Å². The summed E-state index contributed by atoms with van der Waals surface area (Å²) in [4.78, 5) is 24.1. The Balaban J connectivity index is 1.57. The molecule has 3 aromatic carbocycles. The van der Waals surface area contributed by atoms with E-state index < -0.39 is 0 Å². The number of rotatable bonds is 5. The van der Waals surface area contributed by atoms with Gasteiger partial charge in [-0.05, 0) is 48.5 Å². The van der Waals surface area contributed by atoms with E-state index in [1.807, 2.05) is 54.6 Å². The van der Waals surface area contributed by atoms with E-state index in [-0.39, 0.29) is 11.7 Å². The van der Waals surface area contributed by atoms with Crippen LogP contribution in [0.3, 0.4) is 0 Å². The lowest BCUT2D eigenvalue weighted by molar-refractivity contribution is -0.122. The third-order valence-electron chi connectivity index (χ3n) is 5.52. The van der Waals surface area contributed by atoms with Crippen LogP contribution in [0.5, 0.6) is 11.5 Å². The number of methoxy groups -OCH3 is 1. The van der Waals surface area contributed by atoms with Crippen LogP contribution in [0, 0.1) is 0 Å². The van der Waals surface area contributed by atoms with Crippen molar-refractivity contribution in [1.29, 1.82) is 0 Å². The van der Waals surface area contributed by atoms with Crippen LogP contribution in [0.25, 0.3) is 0 Å². The third kappa shape index (κ3) is 4.26. The van der Waals surface area contributed by atoms with Crippen molar-refractivity contribution < 1.29 is 14.6 Å². The smallest absolute Gasteiger partial charge is 0.269 e. The number of amidine groups is 1. The fraction of sp³-hybridized carbons (Fsp3) is 0.154. The molecule has 172 valence electrons. The molecular formula is C26H23N3O3S2. The van der Waals surface area contributed by atoms with Gasteiger partial charge in [0.25, 0.3) is 5.91 Å². The van der Waals surface area contributed by atoms with Gasteiger partial charge in [-0.15, -0.1) is 0 Å². The summed E-state index contributed by atoms with van der Waals surface area (Å²) in [6, 6.07) is 22.6. The highest BCUT2D eigenvalue weighted by Crippen LogP contribution is 2.51. The van der Waals surface area contributed by atoms with E-state index in [2.05, 4.69) is 11.8 Å². The largest absolute Gasteiger partial charge is 0.508 e. The predicted molar refractivity (Wildman–Crippen MR) is 139 cm³/mol. The molecule has 1 saturated heterocycles. The van der Waals surface area contributed by atoms with Crippen molar-refractivity contribution in [3.05, 3.63) is 88.3 Å². The monoisotopic (exact) mass is 489 g/mol. The van der Waals surface area contributed by atoms with E-state index in [4.69, 9.17) is 9.73 Å². The number of phenolic OH excluding ortho intramolecular Hbond substituents is 1. The number of fused-ring (bicyclic) bond motifs is 1. The normalized spacial score (nSPS) is 18.6. The summed E-state index contributed by atoms with van der Waals surface area (Å²) in [7, 11) is 1.65. The lowest BCUT2D eigenvalue weighted by Crippen LogP contribution is -2.29. The van der Waals surface area contributed by atoms with Gasteiger partial charge in [0, 0.05) is 23.6 Å².